The molecule has 0 bridgehead atoms. The van der Waals surface area contributed by atoms with Gasteiger partial charge in [-0.05, 0) is 49.1 Å². The largest absolute Gasteiger partial charge is 0.349 e. The number of aryl methyl sites for hydroxylation is 2. The molecule has 27 heavy (non-hydrogen) atoms. The Labute approximate surface area is 160 Å². The van der Waals surface area contributed by atoms with Gasteiger partial charge in [-0.3, -0.25) is 4.79 Å². The lowest BCUT2D eigenvalue weighted by Crippen LogP contribution is -2.34. The van der Waals surface area contributed by atoms with Crippen molar-refractivity contribution in [2.24, 2.45) is 7.05 Å². The molecule has 1 aliphatic heterocycles. The molecular weight excluding hydrogens is 334 g/mol. The molecule has 2 aromatic carbocycles. The highest BCUT2D eigenvalue weighted by molar-refractivity contribution is 5.98. The van der Waals surface area contributed by atoms with Gasteiger partial charge < -0.3 is 14.8 Å². The van der Waals surface area contributed by atoms with E-state index in [2.05, 4.69) is 65.7 Å². The number of fused-ring (bicyclic) bond motifs is 1. The molecule has 1 aliphatic rings. The van der Waals surface area contributed by atoms with E-state index < -0.39 is 0 Å². The van der Waals surface area contributed by atoms with Crippen LogP contribution in [0.2, 0.25) is 0 Å². The molecule has 0 radical (unpaired) electrons. The molecule has 1 saturated heterocycles. The summed E-state index contributed by atoms with van der Waals surface area (Å²) in [6, 6.07) is 19.0. The highest BCUT2D eigenvalue weighted by Gasteiger charge is 2.23. The molecule has 0 unspecified atom stereocenters. The zero-order valence-corrected chi connectivity index (χ0v) is 16.1. The SMILES string of the molecule is Cc1ccc2cc(C(=O)NCCN3CC[C@H](c4ccccc4)C3)n(C)c2c1. The van der Waals surface area contributed by atoms with Gasteiger partial charge in [-0.1, -0.05) is 42.5 Å². The van der Waals surface area contributed by atoms with Gasteiger partial charge in [-0.15, -0.1) is 0 Å². The van der Waals surface area contributed by atoms with E-state index in [-0.39, 0.29) is 5.91 Å². The number of amides is 1. The second-order valence-corrected chi connectivity index (χ2v) is 7.60. The van der Waals surface area contributed by atoms with Gasteiger partial charge >= 0.3 is 0 Å². The Morgan fingerprint density at radius 1 is 1.15 bits per heavy atom. The van der Waals surface area contributed by atoms with Crippen LogP contribution in [0.15, 0.2) is 54.6 Å². The molecule has 4 nitrogen and oxygen atoms in total. The monoisotopic (exact) mass is 361 g/mol. The molecule has 1 aromatic heterocycles. The van der Waals surface area contributed by atoms with E-state index >= 15 is 0 Å². The summed E-state index contributed by atoms with van der Waals surface area (Å²) in [5, 5.41) is 4.21. The molecule has 0 saturated carbocycles. The number of hydrogen-bond donors (Lipinski definition) is 1. The Kier molecular flexibility index (Phi) is 4.99. The molecule has 3 aromatic rings. The van der Waals surface area contributed by atoms with Gasteiger partial charge in [0.1, 0.15) is 5.69 Å². The molecule has 4 rings (SSSR count). The first-order valence-corrected chi connectivity index (χ1v) is 9.73. The fourth-order valence-corrected chi connectivity index (χ4v) is 4.11. The summed E-state index contributed by atoms with van der Waals surface area (Å²) in [6.45, 7) is 5.83. The van der Waals surface area contributed by atoms with Crippen LogP contribution in [0, 0.1) is 6.92 Å². The third-order valence-electron chi connectivity index (χ3n) is 5.69. The third kappa shape index (κ3) is 3.76. The molecule has 1 atom stereocenters. The Balaban J connectivity index is 1.32. The van der Waals surface area contributed by atoms with Crippen molar-refractivity contribution in [3.8, 4) is 0 Å². The minimum absolute atomic E-state index is 0.00478. The number of hydrogen-bond acceptors (Lipinski definition) is 2. The molecule has 2 heterocycles. The van der Waals surface area contributed by atoms with E-state index in [9.17, 15) is 4.79 Å². The summed E-state index contributed by atoms with van der Waals surface area (Å²) >= 11 is 0. The summed E-state index contributed by atoms with van der Waals surface area (Å²) in [7, 11) is 1.96. The first-order valence-electron chi connectivity index (χ1n) is 9.73. The summed E-state index contributed by atoms with van der Waals surface area (Å²) in [5.41, 5.74) is 4.46. The molecular formula is C23H27N3O. The standard InChI is InChI=1S/C23H27N3O/c1-17-8-9-19-15-22(25(2)21(19)14-17)23(27)24-11-13-26-12-10-20(16-26)18-6-4-3-5-7-18/h3-9,14-15,20H,10-13,16H2,1-2H3,(H,24,27)/t20-/m0/s1. The average Bonchev–Trinajstić information content (AvgIpc) is 3.28. The Morgan fingerprint density at radius 2 is 1.96 bits per heavy atom. The van der Waals surface area contributed by atoms with Crippen molar-refractivity contribution in [2.45, 2.75) is 19.3 Å². The first kappa shape index (κ1) is 17.8. The Morgan fingerprint density at radius 3 is 2.78 bits per heavy atom. The van der Waals surface area contributed by atoms with E-state index in [1.54, 1.807) is 0 Å². The maximum Gasteiger partial charge on any atom is 0.267 e. The van der Waals surface area contributed by atoms with Crippen LogP contribution in [0.25, 0.3) is 10.9 Å². The van der Waals surface area contributed by atoms with Crippen molar-refractivity contribution in [1.29, 1.82) is 0 Å². The number of nitrogens with one attached hydrogen (secondary N) is 1. The fraction of sp³-hybridized carbons (Fsp3) is 0.348. The first-order chi connectivity index (χ1) is 13.1. The van der Waals surface area contributed by atoms with Crippen LogP contribution in [-0.2, 0) is 7.05 Å². The summed E-state index contributed by atoms with van der Waals surface area (Å²) in [5.74, 6) is 0.619. The van der Waals surface area contributed by atoms with Crippen molar-refractivity contribution < 1.29 is 4.79 Å². The number of likely N-dealkylation sites (tertiary alicyclic amines) is 1. The van der Waals surface area contributed by atoms with Crippen LogP contribution < -0.4 is 5.32 Å². The number of carbonyl (C=O) groups excluding carboxylic acids is 1. The second kappa shape index (κ2) is 7.57. The molecule has 0 aliphatic carbocycles. The topological polar surface area (TPSA) is 37.3 Å². The van der Waals surface area contributed by atoms with Crippen LogP contribution in [-0.4, -0.2) is 41.6 Å². The maximum atomic E-state index is 12.6. The van der Waals surface area contributed by atoms with E-state index in [1.165, 1.54) is 17.5 Å². The average molecular weight is 361 g/mol. The van der Waals surface area contributed by atoms with E-state index in [4.69, 9.17) is 0 Å². The zero-order chi connectivity index (χ0) is 18.8. The Hall–Kier alpha value is -2.59. The third-order valence-corrected chi connectivity index (χ3v) is 5.69. The smallest absolute Gasteiger partial charge is 0.267 e. The van der Waals surface area contributed by atoms with Gasteiger partial charge in [0.25, 0.3) is 5.91 Å². The van der Waals surface area contributed by atoms with Crippen LogP contribution >= 0.6 is 0 Å². The maximum absolute atomic E-state index is 12.6. The number of nitrogens with zero attached hydrogens (tertiary/aromatic N) is 2. The normalized spacial score (nSPS) is 17.5. The van der Waals surface area contributed by atoms with Gasteiger partial charge in [0.15, 0.2) is 0 Å². The van der Waals surface area contributed by atoms with E-state index in [0.29, 0.717) is 12.5 Å². The predicted octanol–water partition coefficient (Wildman–Crippen LogP) is 3.71. The van der Waals surface area contributed by atoms with Crippen molar-refractivity contribution in [1.82, 2.24) is 14.8 Å². The number of aromatic nitrogens is 1. The molecule has 1 N–H and O–H groups in total. The second-order valence-electron chi connectivity index (χ2n) is 7.60. The van der Waals surface area contributed by atoms with Crippen molar-refractivity contribution in [3.63, 3.8) is 0 Å². The minimum Gasteiger partial charge on any atom is -0.349 e. The van der Waals surface area contributed by atoms with Gasteiger partial charge in [0.2, 0.25) is 0 Å². The fourth-order valence-electron chi connectivity index (χ4n) is 4.11. The van der Waals surface area contributed by atoms with Gasteiger partial charge in [-0.25, -0.2) is 0 Å². The molecule has 0 spiro atoms. The summed E-state index contributed by atoms with van der Waals surface area (Å²) in [4.78, 5) is 15.1. The predicted molar refractivity (Wildman–Crippen MR) is 110 cm³/mol. The lowest BCUT2D eigenvalue weighted by Gasteiger charge is -2.16. The Bertz CT molecular complexity index is 945. The van der Waals surface area contributed by atoms with Crippen LogP contribution in [0.5, 0.6) is 0 Å². The van der Waals surface area contributed by atoms with Crippen LogP contribution in [0.1, 0.15) is 34.0 Å². The van der Waals surface area contributed by atoms with Crippen molar-refractivity contribution in [3.05, 3.63) is 71.4 Å². The lowest BCUT2D eigenvalue weighted by molar-refractivity contribution is 0.0942. The quantitative estimate of drug-likeness (QED) is 0.752. The molecule has 1 fully saturated rings. The van der Waals surface area contributed by atoms with Crippen LogP contribution in [0.4, 0.5) is 0 Å². The molecule has 1 amide bonds. The number of benzene rings is 2. The molecule has 4 heteroatoms. The minimum atomic E-state index is 0.00478. The summed E-state index contributed by atoms with van der Waals surface area (Å²) in [6.07, 6.45) is 1.19. The number of rotatable bonds is 5. The van der Waals surface area contributed by atoms with Crippen molar-refractivity contribution >= 4 is 16.8 Å². The highest BCUT2D eigenvalue weighted by atomic mass is 16.1. The summed E-state index contributed by atoms with van der Waals surface area (Å²) < 4.78 is 1.99. The lowest BCUT2D eigenvalue weighted by atomic mass is 9.99. The van der Waals surface area contributed by atoms with Gasteiger partial charge in [0.05, 0.1) is 0 Å². The molecule has 140 valence electrons. The van der Waals surface area contributed by atoms with Gasteiger partial charge in [-0.2, -0.15) is 0 Å². The zero-order valence-electron chi connectivity index (χ0n) is 16.1. The highest BCUT2D eigenvalue weighted by Crippen LogP contribution is 2.26. The van der Waals surface area contributed by atoms with Crippen LogP contribution in [0.3, 0.4) is 0 Å². The van der Waals surface area contributed by atoms with E-state index in [1.807, 2.05) is 17.7 Å². The van der Waals surface area contributed by atoms with Crippen molar-refractivity contribution in [2.75, 3.05) is 26.2 Å². The van der Waals surface area contributed by atoms with E-state index in [0.717, 1.165) is 36.2 Å². The number of carbonyl (C=O) groups is 1. The van der Waals surface area contributed by atoms with Gasteiger partial charge in [0, 0.05) is 37.6 Å².